The maximum absolute atomic E-state index is 13.0. The second-order valence-electron chi connectivity index (χ2n) is 6.60. The van der Waals surface area contributed by atoms with Crippen LogP contribution in [0, 0.1) is 0 Å². The number of methoxy groups -OCH3 is 2. The predicted molar refractivity (Wildman–Crippen MR) is 111 cm³/mol. The van der Waals surface area contributed by atoms with Gasteiger partial charge in [0.2, 0.25) is 15.9 Å². The second-order valence-corrected chi connectivity index (χ2v) is 8.51. The van der Waals surface area contributed by atoms with E-state index >= 15 is 0 Å². The van der Waals surface area contributed by atoms with Crippen LogP contribution in [0.1, 0.15) is 18.4 Å². The number of anilines is 2. The number of nitrogens with one attached hydrogen (secondary N) is 1. The minimum absolute atomic E-state index is 0.0423. The number of carbonyl (C=O) groups excluding carboxylic acids is 1. The van der Waals surface area contributed by atoms with Crippen molar-refractivity contribution in [3.05, 3.63) is 48.0 Å². The molecule has 0 bridgehead atoms. The molecule has 1 amide bonds. The number of halogens is 3. The van der Waals surface area contributed by atoms with E-state index < -0.39 is 21.8 Å². The van der Waals surface area contributed by atoms with Crippen LogP contribution in [0.4, 0.5) is 24.5 Å². The van der Waals surface area contributed by atoms with E-state index in [4.69, 9.17) is 9.47 Å². The largest absolute Gasteiger partial charge is 0.493 e. The Morgan fingerprint density at radius 2 is 1.74 bits per heavy atom. The molecule has 0 saturated carbocycles. The van der Waals surface area contributed by atoms with E-state index in [2.05, 4.69) is 5.32 Å². The number of sulfonamides is 1. The van der Waals surface area contributed by atoms with Gasteiger partial charge in [-0.25, -0.2) is 8.42 Å². The van der Waals surface area contributed by atoms with Gasteiger partial charge in [-0.1, -0.05) is 6.07 Å². The quantitative estimate of drug-likeness (QED) is 0.614. The van der Waals surface area contributed by atoms with E-state index in [1.165, 1.54) is 20.3 Å². The molecule has 2 aromatic carbocycles. The average Bonchev–Trinajstić information content (AvgIpc) is 2.69. The fourth-order valence-corrected chi connectivity index (χ4v) is 3.80. The van der Waals surface area contributed by atoms with Crippen molar-refractivity contribution in [2.45, 2.75) is 19.0 Å². The number of hydrogen-bond donors (Lipinski definition) is 1. The van der Waals surface area contributed by atoms with Crippen LogP contribution in [0.5, 0.6) is 11.5 Å². The van der Waals surface area contributed by atoms with Crippen LogP contribution < -0.4 is 19.1 Å². The lowest BCUT2D eigenvalue weighted by Crippen LogP contribution is -2.31. The van der Waals surface area contributed by atoms with Gasteiger partial charge in [0.1, 0.15) is 0 Å². The lowest BCUT2D eigenvalue weighted by Gasteiger charge is -2.23. The average molecular weight is 460 g/mol. The third kappa shape index (κ3) is 6.78. The molecule has 11 heteroatoms. The van der Waals surface area contributed by atoms with Gasteiger partial charge in [-0.15, -0.1) is 0 Å². The third-order valence-corrected chi connectivity index (χ3v) is 5.49. The molecule has 0 aromatic heterocycles. The highest BCUT2D eigenvalue weighted by Crippen LogP contribution is 2.32. The highest BCUT2D eigenvalue weighted by Gasteiger charge is 2.31. The van der Waals surface area contributed by atoms with Crippen molar-refractivity contribution in [2.24, 2.45) is 0 Å². The minimum Gasteiger partial charge on any atom is -0.493 e. The lowest BCUT2D eigenvalue weighted by atomic mass is 10.2. The number of ether oxygens (including phenoxy) is 2. The Morgan fingerprint density at radius 3 is 2.32 bits per heavy atom. The number of alkyl halides is 3. The SMILES string of the molecule is COc1ccc(NC(=O)CCCN(c2cccc(C(F)(F)F)c2)S(C)(=O)=O)cc1OC. The first kappa shape index (κ1) is 24.3. The Hall–Kier alpha value is -2.95. The van der Waals surface area contributed by atoms with Gasteiger partial charge < -0.3 is 14.8 Å². The van der Waals surface area contributed by atoms with E-state index in [1.54, 1.807) is 18.2 Å². The van der Waals surface area contributed by atoms with Gasteiger partial charge in [0, 0.05) is 24.7 Å². The van der Waals surface area contributed by atoms with E-state index in [9.17, 15) is 26.4 Å². The molecule has 0 heterocycles. The Balaban J connectivity index is 2.05. The molecular formula is C20H23F3N2O5S. The molecular weight excluding hydrogens is 437 g/mol. The van der Waals surface area contributed by atoms with Crippen molar-refractivity contribution < 1.29 is 35.9 Å². The zero-order valence-corrected chi connectivity index (χ0v) is 18.0. The molecule has 31 heavy (non-hydrogen) atoms. The fourth-order valence-electron chi connectivity index (χ4n) is 2.84. The van der Waals surface area contributed by atoms with Crippen molar-refractivity contribution in [2.75, 3.05) is 36.6 Å². The maximum atomic E-state index is 13.0. The van der Waals surface area contributed by atoms with Crippen LogP contribution in [0.25, 0.3) is 0 Å². The van der Waals surface area contributed by atoms with Gasteiger partial charge in [0.05, 0.1) is 31.7 Å². The molecule has 0 spiro atoms. The summed E-state index contributed by atoms with van der Waals surface area (Å²) in [5, 5.41) is 2.66. The summed E-state index contributed by atoms with van der Waals surface area (Å²) in [5.41, 5.74) is -0.608. The van der Waals surface area contributed by atoms with Crippen LogP contribution in [-0.2, 0) is 21.0 Å². The highest BCUT2D eigenvalue weighted by atomic mass is 32.2. The van der Waals surface area contributed by atoms with Crippen LogP contribution >= 0.6 is 0 Å². The summed E-state index contributed by atoms with van der Waals surface area (Å²) in [7, 11) is -0.914. The van der Waals surface area contributed by atoms with Crippen LogP contribution in [0.2, 0.25) is 0 Å². The summed E-state index contributed by atoms with van der Waals surface area (Å²) >= 11 is 0. The summed E-state index contributed by atoms with van der Waals surface area (Å²) in [5.74, 6) is 0.531. The van der Waals surface area contributed by atoms with Crippen molar-refractivity contribution in [1.82, 2.24) is 0 Å². The van der Waals surface area contributed by atoms with Crippen LogP contribution in [0.15, 0.2) is 42.5 Å². The number of amides is 1. The summed E-state index contributed by atoms with van der Waals surface area (Å²) < 4.78 is 74.2. The van der Waals surface area contributed by atoms with Gasteiger partial charge >= 0.3 is 6.18 Å². The molecule has 0 fully saturated rings. The number of carbonyl (C=O) groups is 1. The Morgan fingerprint density at radius 1 is 1.06 bits per heavy atom. The number of hydrogen-bond acceptors (Lipinski definition) is 5. The summed E-state index contributed by atoms with van der Waals surface area (Å²) in [6, 6.07) is 8.85. The molecule has 0 aliphatic rings. The molecule has 7 nitrogen and oxygen atoms in total. The molecule has 0 unspecified atom stereocenters. The normalized spacial score (nSPS) is 11.7. The smallest absolute Gasteiger partial charge is 0.416 e. The molecule has 0 aliphatic heterocycles. The van der Waals surface area contributed by atoms with E-state index in [0.717, 1.165) is 28.8 Å². The van der Waals surface area contributed by atoms with Crippen molar-refractivity contribution in [3.63, 3.8) is 0 Å². The number of nitrogens with zero attached hydrogens (tertiary/aromatic N) is 1. The van der Waals surface area contributed by atoms with Gasteiger partial charge in [0.25, 0.3) is 0 Å². The molecule has 0 atom stereocenters. The molecule has 1 N–H and O–H groups in total. The Bertz CT molecular complexity index is 1030. The molecule has 0 aliphatic carbocycles. The third-order valence-electron chi connectivity index (χ3n) is 4.29. The van der Waals surface area contributed by atoms with E-state index in [0.29, 0.717) is 17.2 Å². The Kier molecular flexibility index (Phi) is 7.77. The van der Waals surface area contributed by atoms with Crippen molar-refractivity contribution >= 4 is 27.3 Å². The minimum atomic E-state index is -4.60. The van der Waals surface area contributed by atoms with Crippen molar-refractivity contribution in [3.8, 4) is 11.5 Å². The van der Waals surface area contributed by atoms with Crippen molar-refractivity contribution in [1.29, 1.82) is 0 Å². The fraction of sp³-hybridized carbons (Fsp3) is 0.350. The maximum Gasteiger partial charge on any atom is 0.416 e. The van der Waals surface area contributed by atoms with Gasteiger partial charge in [-0.2, -0.15) is 13.2 Å². The van der Waals surface area contributed by atoms with Crippen LogP contribution in [0.3, 0.4) is 0 Å². The molecule has 170 valence electrons. The monoisotopic (exact) mass is 460 g/mol. The summed E-state index contributed by atoms with van der Waals surface area (Å²) in [4.78, 5) is 12.2. The predicted octanol–water partition coefficient (Wildman–Crippen LogP) is 3.91. The van der Waals surface area contributed by atoms with Crippen LogP contribution in [-0.4, -0.2) is 41.3 Å². The molecule has 2 rings (SSSR count). The lowest BCUT2D eigenvalue weighted by molar-refractivity contribution is -0.137. The highest BCUT2D eigenvalue weighted by molar-refractivity contribution is 7.92. The topological polar surface area (TPSA) is 84.9 Å². The summed E-state index contributed by atoms with van der Waals surface area (Å²) in [6.45, 7) is -0.153. The second kappa shape index (κ2) is 9.90. The first-order chi connectivity index (χ1) is 14.5. The molecule has 0 saturated heterocycles. The first-order valence-corrected chi connectivity index (χ1v) is 11.0. The molecule has 0 radical (unpaired) electrons. The number of rotatable bonds is 9. The zero-order valence-electron chi connectivity index (χ0n) is 17.2. The first-order valence-electron chi connectivity index (χ1n) is 9.12. The van der Waals surface area contributed by atoms with Gasteiger partial charge in [-0.3, -0.25) is 9.10 Å². The zero-order chi connectivity index (χ0) is 23.2. The Labute approximate surface area is 178 Å². The van der Waals surface area contributed by atoms with Gasteiger partial charge in [-0.05, 0) is 36.8 Å². The van der Waals surface area contributed by atoms with Gasteiger partial charge in [0.15, 0.2) is 11.5 Å². The number of benzene rings is 2. The van der Waals surface area contributed by atoms with E-state index in [-0.39, 0.29) is 31.0 Å². The molecule has 2 aromatic rings. The summed E-state index contributed by atoms with van der Waals surface area (Å²) in [6.07, 6.45) is -3.64. The van der Waals surface area contributed by atoms with E-state index in [1.807, 2.05) is 0 Å². The standard InChI is InChI=1S/C20H23F3N2O5S/c1-29-17-10-9-15(13-18(17)30-2)24-19(26)8-5-11-25(31(3,27)28)16-7-4-6-14(12-16)20(21,22)23/h4,6-7,9-10,12-13H,5,8,11H2,1-3H3,(H,24,26).